The van der Waals surface area contributed by atoms with Gasteiger partial charge in [0.15, 0.2) is 4.34 Å². The van der Waals surface area contributed by atoms with Crippen LogP contribution >= 0.6 is 23.1 Å². The lowest BCUT2D eigenvalue weighted by Gasteiger charge is -2.23. The number of ketones is 1. The quantitative estimate of drug-likeness (QED) is 0.0542. The molecule has 45 heavy (non-hydrogen) atoms. The van der Waals surface area contributed by atoms with Gasteiger partial charge in [-0.1, -0.05) is 91.5 Å². The number of carbonyl (C=O) groups excluding carboxylic acids is 2. The van der Waals surface area contributed by atoms with Gasteiger partial charge in [-0.15, -0.1) is 10.2 Å². The number of ether oxygens (including phenoxy) is 1. The Morgan fingerprint density at radius 3 is 2.56 bits per heavy atom. The third kappa shape index (κ3) is 6.48. The van der Waals surface area contributed by atoms with Crippen LogP contribution in [0.1, 0.15) is 43.0 Å². The predicted molar refractivity (Wildman–Crippen MR) is 176 cm³/mol. The number of aliphatic hydroxyl groups is 1. The van der Waals surface area contributed by atoms with Crippen LogP contribution in [0.25, 0.3) is 16.5 Å². The molecule has 1 fully saturated rings. The van der Waals surface area contributed by atoms with Gasteiger partial charge in [-0.3, -0.25) is 14.5 Å². The molecule has 1 saturated heterocycles. The third-order valence-electron chi connectivity index (χ3n) is 7.53. The Morgan fingerprint density at radius 2 is 1.76 bits per heavy atom. The second-order valence-corrected chi connectivity index (χ2v) is 13.2. The van der Waals surface area contributed by atoms with Crippen LogP contribution in [0, 0.1) is 11.7 Å². The monoisotopic (exact) mass is 639 g/mol. The zero-order valence-electron chi connectivity index (χ0n) is 24.6. The van der Waals surface area contributed by atoms with Crippen molar-refractivity contribution in [3.63, 3.8) is 0 Å². The molecule has 7 nitrogen and oxygen atoms in total. The molecule has 0 bridgehead atoms. The first kappa shape index (κ1) is 30.5. The van der Waals surface area contributed by atoms with Crippen LogP contribution in [-0.4, -0.2) is 33.6 Å². The maximum Gasteiger partial charge on any atom is 0.301 e. The van der Waals surface area contributed by atoms with Crippen molar-refractivity contribution in [1.82, 2.24) is 10.2 Å². The van der Waals surface area contributed by atoms with Gasteiger partial charge in [0, 0.05) is 11.3 Å². The van der Waals surface area contributed by atoms with E-state index in [1.807, 2.05) is 24.3 Å². The first-order valence-electron chi connectivity index (χ1n) is 14.5. The van der Waals surface area contributed by atoms with Gasteiger partial charge in [0.1, 0.15) is 17.3 Å². The summed E-state index contributed by atoms with van der Waals surface area (Å²) in [4.78, 5) is 28.5. The van der Waals surface area contributed by atoms with Gasteiger partial charge < -0.3 is 9.84 Å². The van der Waals surface area contributed by atoms with Crippen molar-refractivity contribution in [3.05, 3.63) is 119 Å². The predicted octanol–water partition coefficient (Wildman–Crippen LogP) is 8.17. The molecule has 228 valence electrons. The number of rotatable bonds is 10. The highest BCUT2D eigenvalue weighted by atomic mass is 32.2. The topological polar surface area (TPSA) is 92.6 Å². The lowest BCUT2D eigenvalue weighted by Crippen LogP contribution is -2.29. The van der Waals surface area contributed by atoms with Gasteiger partial charge in [-0.25, -0.2) is 4.39 Å². The first-order valence-corrected chi connectivity index (χ1v) is 16.3. The summed E-state index contributed by atoms with van der Waals surface area (Å²) in [5, 5.41) is 22.5. The summed E-state index contributed by atoms with van der Waals surface area (Å²) >= 11 is 2.69. The normalized spacial score (nSPS) is 16.2. The Balaban J connectivity index is 1.36. The number of benzene rings is 4. The van der Waals surface area contributed by atoms with Crippen molar-refractivity contribution < 1.29 is 23.8 Å². The van der Waals surface area contributed by atoms with Crippen molar-refractivity contribution >= 4 is 56.5 Å². The van der Waals surface area contributed by atoms with E-state index in [0.29, 0.717) is 33.9 Å². The molecule has 4 aromatic carbocycles. The molecule has 1 unspecified atom stereocenters. The number of nitrogens with zero attached hydrogens (tertiary/aromatic N) is 3. The highest BCUT2D eigenvalue weighted by Crippen LogP contribution is 2.44. The number of fused-ring (bicyclic) bond motifs is 1. The molecule has 2 heterocycles. The second kappa shape index (κ2) is 13.2. The molecule has 1 atom stereocenters. The Labute approximate surface area is 268 Å². The molecule has 1 N–H and O–H groups in total. The van der Waals surface area contributed by atoms with Crippen LogP contribution in [0.4, 0.5) is 9.52 Å². The van der Waals surface area contributed by atoms with Gasteiger partial charge in [0.25, 0.3) is 5.78 Å². The number of carbonyl (C=O) groups is 2. The first-order chi connectivity index (χ1) is 21.8. The van der Waals surface area contributed by atoms with E-state index in [4.69, 9.17) is 4.74 Å². The van der Waals surface area contributed by atoms with E-state index < -0.39 is 29.3 Å². The van der Waals surface area contributed by atoms with E-state index in [1.54, 1.807) is 18.2 Å². The van der Waals surface area contributed by atoms with E-state index in [9.17, 15) is 19.1 Å². The van der Waals surface area contributed by atoms with E-state index in [-0.39, 0.29) is 16.3 Å². The molecular formula is C35H30FN3O4S2. The van der Waals surface area contributed by atoms with Gasteiger partial charge in [0.05, 0.1) is 18.2 Å². The van der Waals surface area contributed by atoms with E-state index in [0.717, 1.165) is 22.8 Å². The molecule has 10 heteroatoms. The summed E-state index contributed by atoms with van der Waals surface area (Å²) in [6.45, 7) is 4.73. The molecule has 6 rings (SSSR count). The molecule has 1 amide bonds. The molecule has 1 aliphatic heterocycles. The zero-order chi connectivity index (χ0) is 31.5. The maximum absolute atomic E-state index is 13.7. The lowest BCUT2D eigenvalue weighted by molar-refractivity contribution is -0.132. The number of aliphatic hydroxyl groups excluding tert-OH is 1. The van der Waals surface area contributed by atoms with Crippen molar-refractivity contribution in [1.29, 1.82) is 0 Å². The minimum absolute atomic E-state index is 0.119. The largest absolute Gasteiger partial charge is 0.507 e. The summed E-state index contributed by atoms with van der Waals surface area (Å²) in [6, 6.07) is 25.6. The fraction of sp³-hybridized carbons (Fsp3) is 0.200. The molecular weight excluding hydrogens is 610 g/mol. The summed E-state index contributed by atoms with van der Waals surface area (Å²) in [7, 11) is 0. The van der Waals surface area contributed by atoms with Crippen molar-refractivity contribution in [3.8, 4) is 5.75 Å². The second-order valence-electron chi connectivity index (χ2n) is 11.1. The average molecular weight is 640 g/mol. The van der Waals surface area contributed by atoms with Gasteiger partial charge in [0.2, 0.25) is 5.13 Å². The molecule has 0 aliphatic carbocycles. The van der Waals surface area contributed by atoms with Crippen LogP contribution in [0.15, 0.2) is 101 Å². The van der Waals surface area contributed by atoms with Crippen molar-refractivity contribution in [2.24, 2.45) is 5.92 Å². The van der Waals surface area contributed by atoms with Crippen LogP contribution in [0.3, 0.4) is 0 Å². The fourth-order valence-corrected chi connectivity index (χ4v) is 7.08. The lowest BCUT2D eigenvalue weighted by atomic mass is 9.95. The number of Topliss-reactive ketones (excluding diaryl/α,β-unsaturated/α-hetero) is 1. The summed E-state index contributed by atoms with van der Waals surface area (Å²) in [5.41, 5.74) is 1.79. The Morgan fingerprint density at radius 1 is 1.00 bits per heavy atom. The van der Waals surface area contributed by atoms with Gasteiger partial charge in [-0.2, -0.15) is 0 Å². The molecule has 0 saturated carbocycles. The summed E-state index contributed by atoms with van der Waals surface area (Å²) < 4.78 is 20.3. The number of halogens is 1. The number of anilines is 1. The standard InChI is InChI=1S/C35H30FN3O4S2/c1-21(2)17-18-43-27-11-6-9-24(19-27)30-29(31(40)23-13-15-26(36)16-14-23)32(41)33(42)39(30)34-37-38-35(45-34)44-20-25-10-5-8-22-7-3-4-12-28(22)25/h3-16,19,21,30,40H,17-18,20H2,1-2H3. The third-order valence-corrected chi connectivity index (χ3v) is 9.64. The van der Waals surface area contributed by atoms with Gasteiger partial charge >= 0.3 is 5.91 Å². The molecule has 1 aliphatic rings. The van der Waals surface area contributed by atoms with E-state index in [2.05, 4.69) is 48.3 Å². The minimum Gasteiger partial charge on any atom is -0.507 e. The number of thioether (sulfide) groups is 1. The summed E-state index contributed by atoms with van der Waals surface area (Å²) in [6.07, 6.45) is 0.858. The van der Waals surface area contributed by atoms with Crippen LogP contribution in [-0.2, 0) is 15.3 Å². The molecule has 0 spiro atoms. The molecule has 1 aromatic heterocycles. The zero-order valence-corrected chi connectivity index (χ0v) is 26.3. The highest BCUT2D eigenvalue weighted by molar-refractivity contribution is 8.00. The Kier molecular flexibility index (Phi) is 8.95. The van der Waals surface area contributed by atoms with Crippen LogP contribution in [0.5, 0.6) is 5.75 Å². The van der Waals surface area contributed by atoms with Crippen LogP contribution in [0.2, 0.25) is 0 Å². The average Bonchev–Trinajstić information content (AvgIpc) is 3.61. The Bertz CT molecular complexity index is 1900. The maximum atomic E-state index is 13.7. The minimum atomic E-state index is -1.01. The smallest absolute Gasteiger partial charge is 0.301 e. The molecule has 0 radical (unpaired) electrons. The SMILES string of the molecule is CC(C)CCOc1cccc(C2C(=C(O)c3ccc(F)cc3)C(=O)C(=O)N2c2nnc(SCc3cccc4ccccc34)s2)c1. The number of aromatic nitrogens is 2. The number of hydrogen-bond donors (Lipinski definition) is 1. The van der Waals surface area contributed by atoms with Crippen LogP contribution < -0.4 is 9.64 Å². The van der Waals surface area contributed by atoms with E-state index >= 15 is 0 Å². The Hall–Kier alpha value is -4.54. The van der Waals surface area contributed by atoms with Crippen molar-refractivity contribution in [2.45, 2.75) is 36.4 Å². The number of amides is 1. The number of hydrogen-bond acceptors (Lipinski definition) is 8. The van der Waals surface area contributed by atoms with Crippen molar-refractivity contribution in [2.75, 3.05) is 11.5 Å². The van der Waals surface area contributed by atoms with Gasteiger partial charge in [-0.05, 0) is 70.6 Å². The highest BCUT2D eigenvalue weighted by Gasteiger charge is 2.48. The summed E-state index contributed by atoms with van der Waals surface area (Å²) in [5.74, 6) is -0.924. The van der Waals surface area contributed by atoms with E-state index in [1.165, 1.54) is 52.3 Å². The fourth-order valence-electron chi connectivity index (χ4n) is 5.21. The molecule has 5 aromatic rings.